The van der Waals surface area contributed by atoms with Crippen LogP contribution in [0.2, 0.25) is 0 Å². The van der Waals surface area contributed by atoms with E-state index in [4.69, 9.17) is 0 Å². The zero-order valence-electron chi connectivity index (χ0n) is 10.8. The third kappa shape index (κ3) is 2.16. The van der Waals surface area contributed by atoms with Crippen LogP contribution in [0.4, 0.5) is 10.1 Å². The minimum Gasteiger partial charge on any atom is -0.508 e. The number of phenols is 1. The van der Waals surface area contributed by atoms with E-state index in [1.54, 1.807) is 6.07 Å². The Hall–Kier alpha value is -2.03. The summed E-state index contributed by atoms with van der Waals surface area (Å²) in [5, 5.41) is 9.53. The van der Waals surface area contributed by atoms with E-state index in [-0.39, 0.29) is 11.9 Å². The van der Waals surface area contributed by atoms with E-state index < -0.39 is 0 Å². The number of anilines is 1. The monoisotopic (exact) mass is 257 g/mol. The van der Waals surface area contributed by atoms with E-state index in [2.05, 4.69) is 11.8 Å². The van der Waals surface area contributed by atoms with Crippen LogP contribution >= 0.6 is 0 Å². The Bertz CT molecular complexity index is 594. The van der Waals surface area contributed by atoms with Crippen molar-refractivity contribution in [2.45, 2.75) is 19.4 Å². The molecule has 0 bridgehead atoms. The molecular formula is C16H16FNO. The molecule has 0 aromatic heterocycles. The zero-order valence-corrected chi connectivity index (χ0v) is 10.8. The van der Waals surface area contributed by atoms with E-state index in [0.29, 0.717) is 5.75 Å². The first-order valence-corrected chi connectivity index (χ1v) is 6.49. The first kappa shape index (κ1) is 12.0. The first-order valence-electron chi connectivity index (χ1n) is 6.49. The fourth-order valence-corrected chi connectivity index (χ4v) is 2.80. The molecule has 1 unspecified atom stereocenters. The Morgan fingerprint density at radius 3 is 2.63 bits per heavy atom. The predicted octanol–water partition coefficient (Wildman–Crippen LogP) is 3.66. The van der Waals surface area contributed by atoms with Crippen molar-refractivity contribution in [2.24, 2.45) is 0 Å². The molecule has 1 atom stereocenters. The van der Waals surface area contributed by atoms with Crippen LogP contribution in [0.3, 0.4) is 0 Å². The number of rotatable bonds is 1. The number of hydrogen-bond acceptors (Lipinski definition) is 2. The summed E-state index contributed by atoms with van der Waals surface area (Å²) in [5.41, 5.74) is 3.46. The molecule has 98 valence electrons. The number of aromatic hydroxyl groups is 1. The molecule has 0 aliphatic carbocycles. The van der Waals surface area contributed by atoms with Crippen LogP contribution in [-0.4, -0.2) is 11.7 Å². The molecule has 1 aliphatic rings. The van der Waals surface area contributed by atoms with Gasteiger partial charge in [0.15, 0.2) is 0 Å². The summed E-state index contributed by atoms with van der Waals surface area (Å²) in [4.78, 5) is 2.26. The van der Waals surface area contributed by atoms with Crippen molar-refractivity contribution < 1.29 is 9.50 Å². The van der Waals surface area contributed by atoms with Gasteiger partial charge in [-0.3, -0.25) is 0 Å². The molecule has 0 radical (unpaired) electrons. The van der Waals surface area contributed by atoms with Gasteiger partial charge in [0.25, 0.3) is 0 Å². The molecule has 1 heterocycles. The molecule has 0 spiro atoms. The SMILES string of the molecule is CC1c2ccc(O)cc2CCN1c1ccc(F)cc1. The van der Waals surface area contributed by atoms with Crippen molar-refractivity contribution in [3.63, 3.8) is 0 Å². The van der Waals surface area contributed by atoms with Crippen LogP contribution < -0.4 is 4.90 Å². The number of benzene rings is 2. The van der Waals surface area contributed by atoms with E-state index in [1.807, 2.05) is 24.3 Å². The van der Waals surface area contributed by atoms with Gasteiger partial charge < -0.3 is 10.0 Å². The highest BCUT2D eigenvalue weighted by Gasteiger charge is 2.24. The third-order valence-electron chi connectivity index (χ3n) is 3.82. The molecule has 0 saturated heterocycles. The van der Waals surface area contributed by atoms with Gasteiger partial charge in [0.1, 0.15) is 11.6 Å². The van der Waals surface area contributed by atoms with Crippen LogP contribution in [-0.2, 0) is 6.42 Å². The summed E-state index contributed by atoms with van der Waals surface area (Å²) < 4.78 is 13.0. The highest BCUT2D eigenvalue weighted by Crippen LogP contribution is 2.34. The normalized spacial score (nSPS) is 18.2. The molecule has 1 aliphatic heterocycles. The standard InChI is InChI=1S/C16H16FNO/c1-11-16-7-6-15(19)10-12(16)8-9-18(11)14-4-2-13(17)3-5-14/h2-7,10-11,19H,8-9H2,1H3. The molecule has 0 fully saturated rings. The van der Waals surface area contributed by atoms with Gasteiger partial charge in [0.2, 0.25) is 0 Å². The average molecular weight is 257 g/mol. The minimum absolute atomic E-state index is 0.210. The third-order valence-corrected chi connectivity index (χ3v) is 3.82. The van der Waals surface area contributed by atoms with Gasteiger partial charge in [0, 0.05) is 12.2 Å². The quantitative estimate of drug-likeness (QED) is 0.842. The highest BCUT2D eigenvalue weighted by atomic mass is 19.1. The lowest BCUT2D eigenvalue weighted by atomic mass is 9.93. The molecule has 3 rings (SSSR count). The number of fused-ring (bicyclic) bond motifs is 1. The molecular weight excluding hydrogens is 241 g/mol. The molecule has 19 heavy (non-hydrogen) atoms. The summed E-state index contributed by atoms with van der Waals surface area (Å²) in [6.45, 7) is 3.02. The van der Waals surface area contributed by atoms with Crippen molar-refractivity contribution in [3.05, 3.63) is 59.4 Å². The Labute approximate surface area is 112 Å². The topological polar surface area (TPSA) is 23.5 Å². The lowest BCUT2D eigenvalue weighted by Gasteiger charge is -2.37. The van der Waals surface area contributed by atoms with Crippen LogP contribution in [0.25, 0.3) is 0 Å². The number of halogens is 1. The second-order valence-corrected chi connectivity index (χ2v) is 4.98. The molecule has 0 amide bonds. The largest absolute Gasteiger partial charge is 0.508 e. The minimum atomic E-state index is -0.210. The van der Waals surface area contributed by atoms with E-state index in [1.165, 1.54) is 23.3 Å². The summed E-state index contributed by atoms with van der Waals surface area (Å²) >= 11 is 0. The van der Waals surface area contributed by atoms with Crippen LogP contribution in [0.15, 0.2) is 42.5 Å². The van der Waals surface area contributed by atoms with Crippen molar-refractivity contribution in [1.29, 1.82) is 0 Å². The summed E-state index contributed by atoms with van der Waals surface area (Å²) in [6, 6.07) is 12.4. The Balaban J connectivity index is 1.95. The maximum absolute atomic E-state index is 13.0. The van der Waals surface area contributed by atoms with Crippen molar-refractivity contribution >= 4 is 5.69 Å². The van der Waals surface area contributed by atoms with Gasteiger partial charge >= 0.3 is 0 Å². The predicted molar refractivity (Wildman–Crippen MR) is 74.0 cm³/mol. The lowest BCUT2D eigenvalue weighted by molar-refractivity contribution is 0.472. The summed E-state index contributed by atoms with van der Waals surface area (Å²) in [5.74, 6) is 0.111. The van der Waals surface area contributed by atoms with Crippen molar-refractivity contribution in [3.8, 4) is 5.75 Å². The molecule has 0 saturated carbocycles. The Morgan fingerprint density at radius 1 is 1.16 bits per heavy atom. The number of phenolic OH excluding ortho intramolecular Hbond substituents is 1. The van der Waals surface area contributed by atoms with Crippen molar-refractivity contribution in [1.82, 2.24) is 0 Å². The fourth-order valence-electron chi connectivity index (χ4n) is 2.80. The maximum Gasteiger partial charge on any atom is 0.123 e. The zero-order chi connectivity index (χ0) is 13.4. The fraction of sp³-hybridized carbons (Fsp3) is 0.250. The first-order chi connectivity index (χ1) is 9.15. The maximum atomic E-state index is 13.0. The summed E-state index contributed by atoms with van der Waals surface area (Å²) in [7, 11) is 0. The van der Waals surface area contributed by atoms with Crippen molar-refractivity contribution in [2.75, 3.05) is 11.4 Å². The Kier molecular flexibility index (Phi) is 2.90. The van der Waals surface area contributed by atoms with E-state index in [0.717, 1.165) is 18.7 Å². The van der Waals surface area contributed by atoms with E-state index in [9.17, 15) is 9.50 Å². The van der Waals surface area contributed by atoms with Crippen LogP contribution in [0.5, 0.6) is 5.75 Å². The van der Waals surface area contributed by atoms with Crippen LogP contribution in [0, 0.1) is 5.82 Å². The van der Waals surface area contributed by atoms with Gasteiger partial charge in [-0.05, 0) is 60.9 Å². The van der Waals surface area contributed by atoms with E-state index >= 15 is 0 Å². The van der Waals surface area contributed by atoms with Gasteiger partial charge in [0.05, 0.1) is 6.04 Å². The molecule has 3 heteroatoms. The molecule has 2 aromatic carbocycles. The molecule has 1 N–H and O–H groups in total. The number of hydrogen-bond donors (Lipinski definition) is 1. The summed E-state index contributed by atoms with van der Waals surface area (Å²) in [6.07, 6.45) is 0.894. The number of nitrogens with zero attached hydrogens (tertiary/aromatic N) is 1. The van der Waals surface area contributed by atoms with Crippen LogP contribution in [0.1, 0.15) is 24.1 Å². The van der Waals surface area contributed by atoms with Gasteiger partial charge in [-0.15, -0.1) is 0 Å². The second-order valence-electron chi connectivity index (χ2n) is 4.98. The molecule has 2 aromatic rings. The van der Waals surface area contributed by atoms with Gasteiger partial charge in [-0.2, -0.15) is 0 Å². The highest BCUT2D eigenvalue weighted by molar-refractivity contribution is 5.52. The smallest absolute Gasteiger partial charge is 0.123 e. The van der Waals surface area contributed by atoms with Gasteiger partial charge in [-0.25, -0.2) is 4.39 Å². The molecule has 2 nitrogen and oxygen atoms in total. The van der Waals surface area contributed by atoms with Gasteiger partial charge in [-0.1, -0.05) is 6.07 Å². The Morgan fingerprint density at radius 2 is 1.89 bits per heavy atom. The average Bonchev–Trinajstić information content (AvgIpc) is 2.40. The lowest BCUT2D eigenvalue weighted by Crippen LogP contribution is -2.33. The second kappa shape index (κ2) is 4.57.